The molecule has 1 fully saturated rings. The fourth-order valence-corrected chi connectivity index (χ4v) is 2.81. The first-order valence-corrected chi connectivity index (χ1v) is 7.08. The van der Waals surface area contributed by atoms with E-state index in [0.29, 0.717) is 13.0 Å². The third-order valence-electron chi connectivity index (χ3n) is 3.92. The molecule has 0 aliphatic carbocycles. The number of carbonyl (C=O) groups is 1. The highest BCUT2D eigenvalue weighted by molar-refractivity contribution is 5.80. The minimum absolute atomic E-state index is 0.0436. The fraction of sp³-hybridized carbons (Fsp3) is 0.600. The smallest absolute Gasteiger partial charge is 0.224 e. The number of pyridine rings is 1. The van der Waals surface area contributed by atoms with Crippen LogP contribution in [0.15, 0.2) is 24.5 Å². The Morgan fingerprint density at radius 2 is 2.40 bits per heavy atom. The van der Waals surface area contributed by atoms with Gasteiger partial charge in [0.1, 0.15) is 0 Å². The van der Waals surface area contributed by atoms with Crippen LogP contribution in [0.2, 0.25) is 0 Å². The number of ether oxygens (including phenoxy) is 1. The van der Waals surface area contributed by atoms with Gasteiger partial charge in [0, 0.05) is 45.1 Å². The summed E-state index contributed by atoms with van der Waals surface area (Å²) in [7, 11) is 3.56. The molecule has 1 aliphatic heterocycles. The maximum atomic E-state index is 12.0. The van der Waals surface area contributed by atoms with Gasteiger partial charge in [-0.1, -0.05) is 13.0 Å². The highest BCUT2D eigenvalue weighted by atomic mass is 16.5. The maximum absolute atomic E-state index is 12.0. The number of hydrogen-bond acceptors (Lipinski definition) is 4. The molecule has 2 rings (SSSR count). The number of likely N-dealkylation sites (tertiary alicyclic amines) is 1. The molecule has 0 spiro atoms. The monoisotopic (exact) mass is 277 g/mol. The molecule has 2 heterocycles. The van der Waals surface area contributed by atoms with Gasteiger partial charge in [-0.3, -0.25) is 9.78 Å². The number of likely N-dealkylation sites (N-methyl/N-ethyl adjacent to an activating group) is 1. The maximum Gasteiger partial charge on any atom is 0.224 e. The van der Waals surface area contributed by atoms with Crippen molar-refractivity contribution in [3.63, 3.8) is 0 Å². The van der Waals surface area contributed by atoms with Crippen LogP contribution in [0.3, 0.4) is 0 Å². The van der Waals surface area contributed by atoms with Crippen LogP contribution in [0.4, 0.5) is 0 Å². The highest BCUT2D eigenvalue weighted by Crippen LogP contribution is 2.31. The van der Waals surface area contributed by atoms with Gasteiger partial charge in [0.25, 0.3) is 0 Å². The van der Waals surface area contributed by atoms with Crippen molar-refractivity contribution in [2.24, 2.45) is 0 Å². The molecule has 1 saturated heterocycles. The van der Waals surface area contributed by atoms with E-state index < -0.39 is 0 Å². The number of nitrogens with one attached hydrogen (secondary N) is 1. The van der Waals surface area contributed by atoms with E-state index >= 15 is 0 Å². The Morgan fingerprint density at radius 1 is 1.60 bits per heavy atom. The zero-order chi connectivity index (χ0) is 14.5. The third kappa shape index (κ3) is 3.16. The topological polar surface area (TPSA) is 54.5 Å². The second-order valence-electron chi connectivity index (χ2n) is 5.27. The number of hydrogen-bond donors (Lipinski definition) is 1. The molecule has 3 atom stereocenters. The van der Waals surface area contributed by atoms with Crippen molar-refractivity contribution in [2.45, 2.75) is 37.9 Å². The minimum Gasteiger partial charge on any atom is -0.383 e. The number of aromatic nitrogens is 1. The first kappa shape index (κ1) is 14.9. The van der Waals surface area contributed by atoms with E-state index in [9.17, 15) is 4.79 Å². The van der Waals surface area contributed by atoms with Crippen molar-refractivity contribution in [2.75, 3.05) is 20.8 Å². The lowest BCUT2D eigenvalue weighted by atomic mass is 10.0. The van der Waals surface area contributed by atoms with Gasteiger partial charge >= 0.3 is 0 Å². The molecule has 1 N–H and O–H groups in total. The van der Waals surface area contributed by atoms with Crippen LogP contribution in [-0.4, -0.2) is 48.6 Å². The summed E-state index contributed by atoms with van der Waals surface area (Å²) in [5, 5.41) is 3.56. The van der Waals surface area contributed by atoms with Crippen molar-refractivity contribution in [3.8, 4) is 0 Å². The van der Waals surface area contributed by atoms with E-state index in [1.807, 2.05) is 30.3 Å². The third-order valence-corrected chi connectivity index (χ3v) is 3.92. The summed E-state index contributed by atoms with van der Waals surface area (Å²) in [6, 6.07) is 4.36. The molecule has 5 nitrogen and oxygen atoms in total. The van der Waals surface area contributed by atoms with Crippen LogP contribution < -0.4 is 5.32 Å². The van der Waals surface area contributed by atoms with Crippen molar-refractivity contribution >= 4 is 5.91 Å². The number of carbonyl (C=O) groups excluding carboxylic acids is 1. The van der Waals surface area contributed by atoms with E-state index in [1.165, 1.54) is 0 Å². The molecule has 0 bridgehead atoms. The van der Waals surface area contributed by atoms with Gasteiger partial charge in [-0.15, -0.1) is 0 Å². The van der Waals surface area contributed by atoms with E-state index in [2.05, 4.69) is 17.2 Å². The Morgan fingerprint density at radius 3 is 3.00 bits per heavy atom. The standard InChI is InChI=1S/C15H23N3O2/c1-4-12(10-20-3)17-13-8-14(19)18(2)15(13)11-6-5-7-16-9-11/h5-7,9,12-13,15,17H,4,8,10H2,1-3H3/t12-,13+,15-/m0/s1. The minimum atomic E-state index is 0.0436. The summed E-state index contributed by atoms with van der Waals surface area (Å²) in [4.78, 5) is 18.0. The van der Waals surface area contributed by atoms with Crippen molar-refractivity contribution < 1.29 is 9.53 Å². The van der Waals surface area contributed by atoms with E-state index in [4.69, 9.17) is 4.74 Å². The summed E-state index contributed by atoms with van der Waals surface area (Å²) in [5.74, 6) is 0.170. The Bertz CT molecular complexity index is 438. The molecular formula is C15H23N3O2. The quantitative estimate of drug-likeness (QED) is 0.853. The number of rotatable bonds is 6. The Balaban J connectivity index is 2.16. The summed E-state index contributed by atoms with van der Waals surface area (Å²) >= 11 is 0. The number of amides is 1. The van der Waals surface area contributed by atoms with Crippen molar-refractivity contribution in [1.82, 2.24) is 15.2 Å². The van der Waals surface area contributed by atoms with Gasteiger partial charge in [-0.25, -0.2) is 0 Å². The Kier molecular flexibility index (Phi) is 5.09. The first-order chi connectivity index (χ1) is 9.67. The average molecular weight is 277 g/mol. The van der Waals surface area contributed by atoms with Gasteiger partial charge in [-0.05, 0) is 18.1 Å². The van der Waals surface area contributed by atoms with E-state index in [1.54, 1.807) is 13.3 Å². The summed E-state index contributed by atoms with van der Waals surface area (Å²) in [6.45, 7) is 2.78. The molecule has 1 amide bonds. The molecule has 0 aromatic carbocycles. The molecule has 110 valence electrons. The van der Waals surface area contributed by atoms with Gasteiger partial charge in [0.05, 0.1) is 12.6 Å². The second kappa shape index (κ2) is 6.81. The van der Waals surface area contributed by atoms with Crippen LogP contribution in [0.1, 0.15) is 31.4 Å². The zero-order valence-corrected chi connectivity index (χ0v) is 12.4. The van der Waals surface area contributed by atoms with Gasteiger partial charge in [0.2, 0.25) is 5.91 Å². The molecule has 1 aromatic rings. The SMILES string of the molecule is CC[C@@H](COC)N[C@@H]1CC(=O)N(C)[C@H]1c1cccnc1. The van der Waals surface area contributed by atoms with Crippen LogP contribution in [0.25, 0.3) is 0 Å². The van der Waals surface area contributed by atoms with Crippen molar-refractivity contribution in [1.29, 1.82) is 0 Å². The van der Waals surface area contributed by atoms with Crippen LogP contribution in [-0.2, 0) is 9.53 Å². The zero-order valence-electron chi connectivity index (χ0n) is 12.4. The molecule has 0 radical (unpaired) electrons. The normalized spacial score (nSPS) is 24.1. The Hall–Kier alpha value is -1.46. The molecule has 5 heteroatoms. The first-order valence-electron chi connectivity index (χ1n) is 7.08. The Labute approximate surface area is 120 Å². The number of methoxy groups -OCH3 is 1. The molecule has 0 saturated carbocycles. The predicted molar refractivity (Wildman–Crippen MR) is 77.2 cm³/mol. The van der Waals surface area contributed by atoms with Crippen LogP contribution in [0.5, 0.6) is 0 Å². The van der Waals surface area contributed by atoms with Crippen LogP contribution in [0, 0.1) is 0 Å². The second-order valence-corrected chi connectivity index (χ2v) is 5.27. The van der Waals surface area contributed by atoms with E-state index in [-0.39, 0.29) is 24.0 Å². The lowest BCUT2D eigenvalue weighted by Crippen LogP contribution is -2.43. The van der Waals surface area contributed by atoms with E-state index in [0.717, 1.165) is 12.0 Å². The average Bonchev–Trinajstić information content (AvgIpc) is 2.74. The molecular weight excluding hydrogens is 254 g/mol. The van der Waals surface area contributed by atoms with Gasteiger partial charge in [0.15, 0.2) is 0 Å². The van der Waals surface area contributed by atoms with Gasteiger partial charge < -0.3 is 15.0 Å². The lowest BCUT2D eigenvalue weighted by molar-refractivity contribution is -0.127. The molecule has 1 aliphatic rings. The molecule has 1 aromatic heterocycles. The van der Waals surface area contributed by atoms with Crippen LogP contribution >= 0.6 is 0 Å². The summed E-state index contributed by atoms with van der Waals surface area (Å²) < 4.78 is 5.23. The summed E-state index contributed by atoms with van der Waals surface area (Å²) in [5.41, 5.74) is 1.07. The fourth-order valence-electron chi connectivity index (χ4n) is 2.81. The highest BCUT2D eigenvalue weighted by Gasteiger charge is 2.39. The number of nitrogens with zero attached hydrogens (tertiary/aromatic N) is 2. The largest absolute Gasteiger partial charge is 0.383 e. The van der Waals surface area contributed by atoms with Gasteiger partial charge in [-0.2, -0.15) is 0 Å². The summed E-state index contributed by atoms with van der Waals surface area (Å²) in [6.07, 6.45) is 5.09. The lowest BCUT2D eigenvalue weighted by Gasteiger charge is -2.28. The van der Waals surface area contributed by atoms with Crippen molar-refractivity contribution in [3.05, 3.63) is 30.1 Å². The molecule has 0 unspecified atom stereocenters. The predicted octanol–water partition coefficient (Wildman–Crippen LogP) is 1.37. The molecule has 20 heavy (non-hydrogen) atoms.